The molecule has 2 nitrogen and oxygen atoms in total. The second-order valence-electron chi connectivity index (χ2n) is 5.51. The van der Waals surface area contributed by atoms with Gasteiger partial charge in [0, 0.05) is 19.1 Å². The number of nitrogens with two attached hydrogens (primary N) is 1. The van der Waals surface area contributed by atoms with Gasteiger partial charge in [-0.1, -0.05) is 54.6 Å². The predicted octanol–water partition coefficient (Wildman–Crippen LogP) is 3.48. The van der Waals surface area contributed by atoms with Crippen LogP contribution in [0.15, 0.2) is 54.6 Å². The van der Waals surface area contributed by atoms with E-state index in [2.05, 4.69) is 59.5 Å². The molecule has 0 spiro atoms. The Morgan fingerprint density at radius 1 is 0.950 bits per heavy atom. The van der Waals surface area contributed by atoms with E-state index in [1.165, 1.54) is 36.1 Å². The second kappa shape index (κ2) is 6.21. The molecule has 1 aliphatic rings. The van der Waals surface area contributed by atoms with Gasteiger partial charge in [-0.2, -0.15) is 0 Å². The van der Waals surface area contributed by atoms with Crippen molar-refractivity contribution >= 4 is 0 Å². The van der Waals surface area contributed by atoms with Gasteiger partial charge in [0.05, 0.1) is 0 Å². The third-order valence-electron chi connectivity index (χ3n) is 4.26. The third kappa shape index (κ3) is 2.77. The first kappa shape index (κ1) is 13.3. The summed E-state index contributed by atoms with van der Waals surface area (Å²) in [7, 11) is 0. The highest BCUT2D eigenvalue weighted by molar-refractivity contribution is 5.28. The van der Waals surface area contributed by atoms with Gasteiger partial charge in [0.15, 0.2) is 0 Å². The van der Waals surface area contributed by atoms with E-state index in [1.54, 1.807) is 0 Å². The Labute approximate surface area is 121 Å². The average molecular weight is 266 g/mol. The van der Waals surface area contributed by atoms with Crippen LogP contribution in [0.1, 0.15) is 35.6 Å². The Kier molecular flexibility index (Phi) is 4.14. The molecule has 0 aromatic heterocycles. The van der Waals surface area contributed by atoms with Crippen LogP contribution >= 0.6 is 0 Å². The van der Waals surface area contributed by atoms with E-state index < -0.39 is 0 Å². The SMILES string of the molecule is NCc1ccccc1CN1CCCC1c1ccccc1. The van der Waals surface area contributed by atoms with Crippen molar-refractivity contribution in [1.82, 2.24) is 4.90 Å². The molecule has 104 valence electrons. The number of hydrogen-bond donors (Lipinski definition) is 1. The van der Waals surface area contributed by atoms with Crippen molar-refractivity contribution in [3.63, 3.8) is 0 Å². The Morgan fingerprint density at radius 2 is 1.65 bits per heavy atom. The average Bonchev–Trinajstić information content (AvgIpc) is 2.97. The summed E-state index contributed by atoms with van der Waals surface area (Å²) in [6, 6.07) is 20.0. The Morgan fingerprint density at radius 3 is 2.40 bits per heavy atom. The molecule has 1 saturated heterocycles. The van der Waals surface area contributed by atoms with Crippen LogP contribution in [0, 0.1) is 0 Å². The molecule has 1 aliphatic heterocycles. The summed E-state index contributed by atoms with van der Waals surface area (Å²) in [4.78, 5) is 2.59. The maximum Gasteiger partial charge on any atom is 0.0352 e. The number of hydrogen-bond acceptors (Lipinski definition) is 2. The molecule has 20 heavy (non-hydrogen) atoms. The highest BCUT2D eigenvalue weighted by atomic mass is 15.2. The van der Waals surface area contributed by atoms with Gasteiger partial charge in [-0.05, 0) is 36.1 Å². The third-order valence-corrected chi connectivity index (χ3v) is 4.26. The molecule has 0 saturated carbocycles. The summed E-state index contributed by atoms with van der Waals surface area (Å²) in [6.07, 6.45) is 2.54. The maximum atomic E-state index is 5.85. The van der Waals surface area contributed by atoms with Crippen LogP contribution in [-0.4, -0.2) is 11.4 Å². The summed E-state index contributed by atoms with van der Waals surface area (Å²) in [5, 5.41) is 0. The van der Waals surface area contributed by atoms with Gasteiger partial charge in [0.25, 0.3) is 0 Å². The molecule has 0 radical (unpaired) electrons. The van der Waals surface area contributed by atoms with Crippen LogP contribution in [-0.2, 0) is 13.1 Å². The van der Waals surface area contributed by atoms with Gasteiger partial charge in [0.2, 0.25) is 0 Å². The first-order chi connectivity index (χ1) is 9.88. The Balaban J connectivity index is 1.79. The summed E-state index contributed by atoms with van der Waals surface area (Å²) in [5.41, 5.74) is 9.93. The van der Waals surface area contributed by atoms with Gasteiger partial charge in [-0.15, -0.1) is 0 Å². The standard InChI is InChI=1S/C18H22N2/c19-13-16-9-4-5-10-17(16)14-20-12-6-11-18(20)15-7-2-1-3-8-15/h1-5,7-10,18H,6,11-14,19H2. The van der Waals surface area contributed by atoms with Crippen molar-refractivity contribution in [3.05, 3.63) is 71.3 Å². The van der Waals surface area contributed by atoms with E-state index in [-0.39, 0.29) is 0 Å². The zero-order chi connectivity index (χ0) is 13.8. The maximum absolute atomic E-state index is 5.85. The smallest absolute Gasteiger partial charge is 0.0352 e. The molecule has 1 atom stereocenters. The minimum Gasteiger partial charge on any atom is -0.326 e. The highest BCUT2D eigenvalue weighted by Gasteiger charge is 2.25. The van der Waals surface area contributed by atoms with Crippen LogP contribution in [0.5, 0.6) is 0 Å². The highest BCUT2D eigenvalue weighted by Crippen LogP contribution is 2.33. The normalized spacial score (nSPS) is 19.4. The molecular weight excluding hydrogens is 244 g/mol. The summed E-state index contributed by atoms with van der Waals surface area (Å²) in [5.74, 6) is 0. The van der Waals surface area contributed by atoms with Crippen LogP contribution in [0.25, 0.3) is 0 Å². The molecule has 2 N–H and O–H groups in total. The molecule has 2 aromatic rings. The lowest BCUT2D eigenvalue weighted by Gasteiger charge is -2.25. The molecule has 1 fully saturated rings. The zero-order valence-corrected chi connectivity index (χ0v) is 11.8. The first-order valence-corrected chi connectivity index (χ1v) is 7.44. The summed E-state index contributed by atoms with van der Waals surface area (Å²) >= 11 is 0. The topological polar surface area (TPSA) is 29.3 Å². The Hall–Kier alpha value is -1.64. The van der Waals surface area contributed by atoms with Gasteiger partial charge in [0.1, 0.15) is 0 Å². The van der Waals surface area contributed by atoms with E-state index in [1.807, 2.05) is 0 Å². The molecule has 0 aliphatic carbocycles. The van der Waals surface area contributed by atoms with E-state index in [0.29, 0.717) is 12.6 Å². The van der Waals surface area contributed by atoms with E-state index in [0.717, 1.165) is 6.54 Å². The largest absolute Gasteiger partial charge is 0.326 e. The fraction of sp³-hybridized carbons (Fsp3) is 0.333. The molecule has 1 unspecified atom stereocenters. The van der Waals surface area contributed by atoms with E-state index >= 15 is 0 Å². The van der Waals surface area contributed by atoms with Crippen molar-refractivity contribution < 1.29 is 0 Å². The van der Waals surface area contributed by atoms with Crippen molar-refractivity contribution in [2.75, 3.05) is 6.54 Å². The molecule has 1 heterocycles. The van der Waals surface area contributed by atoms with Crippen LogP contribution in [0.3, 0.4) is 0 Å². The first-order valence-electron chi connectivity index (χ1n) is 7.44. The van der Waals surface area contributed by atoms with Crippen molar-refractivity contribution in [2.45, 2.75) is 32.0 Å². The predicted molar refractivity (Wildman–Crippen MR) is 83.2 cm³/mol. The minimum atomic E-state index is 0.557. The number of likely N-dealkylation sites (tertiary alicyclic amines) is 1. The number of nitrogens with zero attached hydrogens (tertiary/aromatic N) is 1. The van der Waals surface area contributed by atoms with Crippen molar-refractivity contribution in [2.24, 2.45) is 5.73 Å². The van der Waals surface area contributed by atoms with Gasteiger partial charge < -0.3 is 5.73 Å². The number of rotatable bonds is 4. The lowest BCUT2D eigenvalue weighted by atomic mass is 10.0. The van der Waals surface area contributed by atoms with Crippen LogP contribution in [0.4, 0.5) is 0 Å². The van der Waals surface area contributed by atoms with Crippen LogP contribution in [0.2, 0.25) is 0 Å². The second-order valence-corrected chi connectivity index (χ2v) is 5.51. The quantitative estimate of drug-likeness (QED) is 0.918. The van der Waals surface area contributed by atoms with Crippen molar-refractivity contribution in [1.29, 1.82) is 0 Å². The van der Waals surface area contributed by atoms with Gasteiger partial charge in [-0.25, -0.2) is 0 Å². The van der Waals surface area contributed by atoms with Gasteiger partial charge >= 0.3 is 0 Å². The van der Waals surface area contributed by atoms with E-state index in [9.17, 15) is 0 Å². The molecule has 3 rings (SSSR count). The van der Waals surface area contributed by atoms with E-state index in [4.69, 9.17) is 5.73 Å². The van der Waals surface area contributed by atoms with Crippen LogP contribution < -0.4 is 5.73 Å². The monoisotopic (exact) mass is 266 g/mol. The molecule has 0 bridgehead atoms. The summed E-state index contributed by atoms with van der Waals surface area (Å²) < 4.78 is 0. The molecule has 2 aromatic carbocycles. The van der Waals surface area contributed by atoms with Gasteiger partial charge in [-0.3, -0.25) is 4.90 Å². The molecular formula is C18H22N2. The lowest BCUT2D eigenvalue weighted by molar-refractivity contribution is 0.248. The molecule has 0 amide bonds. The fourth-order valence-corrected chi connectivity index (χ4v) is 3.20. The fourth-order valence-electron chi connectivity index (χ4n) is 3.20. The van der Waals surface area contributed by atoms with Crippen molar-refractivity contribution in [3.8, 4) is 0 Å². The lowest BCUT2D eigenvalue weighted by Crippen LogP contribution is -2.23. The summed E-state index contributed by atoms with van der Waals surface area (Å²) in [6.45, 7) is 2.81. The Bertz CT molecular complexity index is 550. The zero-order valence-electron chi connectivity index (χ0n) is 11.8. The minimum absolute atomic E-state index is 0.557. The molecule has 2 heteroatoms. The number of benzene rings is 2.